The fraction of sp³-hybridized carbons (Fsp3) is 0.588. The van der Waals surface area contributed by atoms with Crippen LogP contribution in [0.5, 0.6) is 5.75 Å². The van der Waals surface area contributed by atoms with Crippen LogP contribution in [0.15, 0.2) is 24.3 Å². The van der Waals surface area contributed by atoms with Gasteiger partial charge in [-0.25, -0.2) is 0 Å². The number of nitrogens with zero attached hydrogens (tertiary/aromatic N) is 1. The number of carbonyl (C=O) groups is 1. The molecule has 0 aromatic heterocycles. The largest absolute Gasteiger partial charge is 0.491 e. The molecule has 1 amide bonds. The number of benzene rings is 1. The van der Waals surface area contributed by atoms with Gasteiger partial charge in [-0.3, -0.25) is 4.79 Å². The lowest BCUT2D eigenvalue weighted by Crippen LogP contribution is -2.41. The highest BCUT2D eigenvalue weighted by molar-refractivity contribution is 5.96. The van der Waals surface area contributed by atoms with Gasteiger partial charge in [0, 0.05) is 13.1 Å². The Bertz CT molecular complexity index is 494. The Kier molecular flexibility index (Phi) is 4.88. The van der Waals surface area contributed by atoms with Gasteiger partial charge in [0.05, 0.1) is 18.2 Å². The van der Waals surface area contributed by atoms with Crippen molar-refractivity contribution in [2.45, 2.75) is 33.6 Å². The third-order valence-corrected chi connectivity index (χ3v) is 3.70. The topological polar surface area (TPSA) is 55.6 Å². The van der Waals surface area contributed by atoms with Crippen LogP contribution in [-0.2, 0) is 4.79 Å². The first-order chi connectivity index (χ1) is 9.92. The Morgan fingerprint density at radius 3 is 2.76 bits per heavy atom. The van der Waals surface area contributed by atoms with E-state index in [-0.39, 0.29) is 17.2 Å². The highest BCUT2D eigenvalue weighted by Gasteiger charge is 2.30. The Morgan fingerprint density at radius 2 is 2.10 bits per heavy atom. The second-order valence-electron chi connectivity index (χ2n) is 6.86. The lowest BCUT2D eigenvalue weighted by Gasteiger charge is -2.30. The molecule has 2 rings (SSSR count). The van der Waals surface area contributed by atoms with Gasteiger partial charge < -0.3 is 15.4 Å². The van der Waals surface area contributed by atoms with Gasteiger partial charge in [-0.1, -0.05) is 32.9 Å². The Morgan fingerprint density at radius 1 is 1.38 bits per heavy atom. The normalized spacial score (nSPS) is 16.7. The van der Waals surface area contributed by atoms with Gasteiger partial charge in [0.25, 0.3) is 0 Å². The monoisotopic (exact) mass is 290 g/mol. The molecule has 2 N–H and O–H groups in total. The van der Waals surface area contributed by atoms with Crippen molar-refractivity contribution in [2.75, 3.05) is 24.6 Å². The van der Waals surface area contributed by atoms with Crippen molar-refractivity contribution < 1.29 is 9.53 Å². The minimum atomic E-state index is -0.142. The number of anilines is 1. The first kappa shape index (κ1) is 15.8. The van der Waals surface area contributed by atoms with Crippen LogP contribution in [-0.4, -0.2) is 25.6 Å². The van der Waals surface area contributed by atoms with Gasteiger partial charge in [0.15, 0.2) is 0 Å². The standard InChI is InChI=1S/C17H26N2O2/c1-17(2,3)11-13(12-18)16(20)19-9-6-10-21-15-8-5-4-7-14(15)19/h4-5,7-8,13H,6,9-12,18H2,1-3H3. The molecule has 1 aromatic rings. The quantitative estimate of drug-likeness (QED) is 0.931. The van der Waals surface area contributed by atoms with E-state index in [9.17, 15) is 4.79 Å². The van der Waals surface area contributed by atoms with Crippen LogP contribution < -0.4 is 15.4 Å². The fourth-order valence-electron chi connectivity index (χ4n) is 2.79. The van der Waals surface area contributed by atoms with Crippen molar-refractivity contribution in [1.29, 1.82) is 0 Å². The number of ether oxygens (including phenoxy) is 1. The summed E-state index contributed by atoms with van der Waals surface area (Å²) in [6, 6.07) is 7.74. The molecule has 1 aliphatic heterocycles. The molecule has 0 saturated heterocycles. The molecule has 1 unspecified atom stereocenters. The van der Waals surface area contributed by atoms with Crippen LogP contribution in [0.4, 0.5) is 5.69 Å². The van der Waals surface area contributed by atoms with E-state index in [0.717, 1.165) is 24.3 Å². The van der Waals surface area contributed by atoms with E-state index in [4.69, 9.17) is 10.5 Å². The molecular weight excluding hydrogens is 264 g/mol. The molecule has 1 heterocycles. The Balaban J connectivity index is 2.25. The van der Waals surface area contributed by atoms with Crippen LogP contribution in [0.25, 0.3) is 0 Å². The van der Waals surface area contributed by atoms with Crippen LogP contribution in [0.1, 0.15) is 33.6 Å². The van der Waals surface area contributed by atoms with E-state index >= 15 is 0 Å². The van der Waals surface area contributed by atoms with E-state index in [1.165, 1.54) is 0 Å². The number of nitrogens with two attached hydrogens (primary N) is 1. The number of hydrogen-bond donors (Lipinski definition) is 1. The molecule has 1 aliphatic rings. The first-order valence-corrected chi connectivity index (χ1v) is 7.65. The van der Waals surface area contributed by atoms with E-state index in [2.05, 4.69) is 20.8 Å². The van der Waals surface area contributed by atoms with E-state index in [1.54, 1.807) is 0 Å². The maximum Gasteiger partial charge on any atom is 0.231 e. The fourth-order valence-corrected chi connectivity index (χ4v) is 2.79. The summed E-state index contributed by atoms with van der Waals surface area (Å²) >= 11 is 0. The van der Waals surface area contributed by atoms with Gasteiger partial charge in [0.1, 0.15) is 5.75 Å². The molecular formula is C17H26N2O2. The summed E-state index contributed by atoms with van der Waals surface area (Å²) in [7, 11) is 0. The number of rotatable bonds is 3. The summed E-state index contributed by atoms with van der Waals surface area (Å²) in [5.74, 6) is 0.761. The van der Waals surface area contributed by atoms with Crippen LogP contribution >= 0.6 is 0 Å². The third kappa shape index (κ3) is 3.97. The third-order valence-electron chi connectivity index (χ3n) is 3.70. The number of para-hydroxylation sites is 2. The zero-order valence-corrected chi connectivity index (χ0v) is 13.3. The molecule has 1 atom stereocenters. The first-order valence-electron chi connectivity index (χ1n) is 7.65. The molecule has 4 heteroatoms. The number of fused-ring (bicyclic) bond motifs is 1. The molecule has 4 nitrogen and oxygen atoms in total. The summed E-state index contributed by atoms with van der Waals surface area (Å²) in [6.07, 6.45) is 1.63. The maximum absolute atomic E-state index is 12.9. The predicted molar refractivity (Wildman–Crippen MR) is 85.5 cm³/mol. The molecule has 0 bridgehead atoms. The highest BCUT2D eigenvalue weighted by Crippen LogP contribution is 2.33. The van der Waals surface area contributed by atoms with Gasteiger partial charge >= 0.3 is 0 Å². The van der Waals surface area contributed by atoms with Gasteiger partial charge in [0.2, 0.25) is 5.91 Å². The predicted octanol–water partition coefficient (Wildman–Crippen LogP) is 2.81. The van der Waals surface area contributed by atoms with Gasteiger partial charge in [-0.15, -0.1) is 0 Å². The average Bonchev–Trinajstić information content (AvgIpc) is 2.65. The Hall–Kier alpha value is -1.55. The Labute approximate surface area is 127 Å². The summed E-state index contributed by atoms with van der Waals surface area (Å²) < 4.78 is 5.72. The van der Waals surface area contributed by atoms with Crippen molar-refractivity contribution >= 4 is 11.6 Å². The van der Waals surface area contributed by atoms with Crippen molar-refractivity contribution in [3.63, 3.8) is 0 Å². The average molecular weight is 290 g/mol. The second-order valence-corrected chi connectivity index (χ2v) is 6.86. The van der Waals surface area contributed by atoms with Crippen molar-refractivity contribution in [1.82, 2.24) is 0 Å². The van der Waals surface area contributed by atoms with Crippen LogP contribution in [0.2, 0.25) is 0 Å². The molecule has 0 radical (unpaired) electrons. The van der Waals surface area contributed by atoms with Gasteiger partial charge in [-0.2, -0.15) is 0 Å². The molecule has 0 fully saturated rings. The molecule has 0 aliphatic carbocycles. The molecule has 0 spiro atoms. The molecule has 21 heavy (non-hydrogen) atoms. The molecule has 1 aromatic carbocycles. The summed E-state index contributed by atoms with van der Waals surface area (Å²) in [6.45, 7) is 8.15. The zero-order chi connectivity index (χ0) is 15.5. The minimum Gasteiger partial charge on any atom is -0.491 e. The van der Waals surface area contributed by atoms with Gasteiger partial charge in [-0.05, 0) is 30.4 Å². The highest BCUT2D eigenvalue weighted by atomic mass is 16.5. The SMILES string of the molecule is CC(C)(C)CC(CN)C(=O)N1CCCOc2ccccc21. The lowest BCUT2D eigenvalue weighted by molar-refractivity contribution is -0.123. The summed E-state index contributed by atoms with van der Waals surface area (Å²) in [5.41, 5.74) is 6.82. The van der Waals surface area contributed by atoms with E-state index in [1.807, 2.05) is 29.2 Å². The molecule has 0 saturated carbocycles. The smallest absolute Gasteiger partial charge is 0.231 e. The number of hydrogen-bond acceptors (Lipinski definition) is 3. The van der Waals surface area contributed by atoms with E-state index in [0.29, 0.717) is 19.7 Å². The van der Waals surface area contributed by atoms with Crippen LogP contribution in [0, 0.1) is 11.3 Å². The van der Waals surface area contributed by atoms with Crippen molar-refractivity contribution in [3.8, 4) is 5.75 Å². The zero-order valence-electron chi connectivity index (χ0n) is 13.3. The summed E-state index contributed by atoms with van der Waals surface area (Å²) in [5, 5.41) is 0. The molecule has 116 valence electrons. The van der Waals surface area contributed by atoms with Crippen molar-refractivity contribution in [3.05, 3.63) is 24.3 Å². The number of carbonyl (C=O) groups excluding carboxylic acids is 1. The summed E-state index contributed by atoms with van der Waals surface area (Å²) in [4.78, 5) is 14.8. The number of amides is 1. The second kappa shape index (κ2) is 6.48. The minimum absolute atomic E-state index is 0.0849. The van der Waals surface area contributed by atoms with E-state index < -0.39 is 0 Å². The van der Waals surface area contributed by atoms with Crippen molar-refractivity contribution in [2.24, 2.45) is 17.1 Å². The maximum atomic E-state index is 12.9. The van der Waals surface area contributed by atoms with Crippen LogP contribution in [0.3, 0.4) is 0 Å². The lowest BCUT2D eigenvalue weighted by atomic mass is 9.84.